The van der Waals surface area contributed by atoms with E-state index >= 15 is 0 Å². The summed E-state index contributed by atoms with van der Waals surface area (Å²) in [4.78, 5) is 7.27. The summed E-state index contributed by atoms with van der Waals surface area (Å²) in [6, 6.07) is 10.4. The summed E-state index contributed by atoms with van der Waals surface area (Å²) in [6.45, 7) is 0.821. The lowest BCUT2D eigenvalue weighted by molar-refractivity contribution is 0.186. The molecule has 0 saturated carbocycles. The Balaban J connectivity index is 1.42. The molecule has 39 heavy (non-hydrogen) atoms. The predicted molar refractivity (Wildman–Crippen MR) is 150 cm³/mol. The highest BCUT2D eigenvalue weighted by Crippen LogP contribution is 2.51. The lowest BCUT2D eigenvalue weighted by Gasteiger charge is -2.43. The number of nitrogens with zero attached hydrogens (tertiary/aromatic N) is 5. The molecular weight excluding hydrogens is 581 g/mol. The highest BCUT2D eigenvalue weighted by Gasteiger charge is 2.47. The Morgan fingerprint density at radius 1 is 1.15 bits per heavy atom. The van der Waals surface area contributed by atoms with Crippen LogP contribution in [0.5, 0.6) is 0 Å². The van der Waals surface area contributed by atoms with Crippen LogP contribution in [0, 0.1) is 5.41 Å². The van der Waals surface area contributed by atoms with Crippen molar-refractivity contribution in [3.8, 4) is 0 Å². The Morgan fingerprint density at radius 2 is 1.92 bits per heavy atom. The molecule has 6 rings (SSSR count). The van der Waals surface area contributed by atoms with Crippen LogP contribution < -0.4 is 15.8 Å². The quantitative estimate of drug-likeness (QED) is 0.310. The molecule has 1 aromatic carbocycles. The number of hydrogen-bond donors (Lipinski definition) is 3. The van der Waals surface area contributed by atoms with E-state index in [0.717, 1.165) is 42.3 Å². The van der Waals surface area contributed by atoms with Gasteiger partial charge in [0.2, 0.25) is 10.0 Å². The largest absolute Gasteiger partial charge is 0.388 e. The van der Waals surface area contributed by atoms with Crippen molar-refractivity contribution in [3.05, 3.63) is 69.7 Å². The van der Waals surface area contributed by atoms with Gasteiger partial charge in [-0.25, -0.2) is 13.6 Å². The maximum Gasteiger partial charge on any atom is 0.239 e. The molecule has 5 N–H and O–H groups in total. The molecule has 0 amide bonds. The first kappa shape index (κ1) is 26.8. The van der Waals surface area contributed by atoms with Crippen LogP contribution in [0.2, 0.25) is 10.0 Å². The fourth-order valence-corrected chi connectivity index (χ4v) is 8.21. The normalized spacial score (nSPS) is 18.7. The predicted octanol–water partition coefficient (Wildman–Crippen LogP) is 3.56. The van der Waals surface area contributed by atoms with Crippen LogP contribution in [-0.2, 0) is 23.1 Å². The van der Waals surface area contributed by atoms with Crippen LogP contribution in [0.1, 0.15) is 36.0 Å². The number of hydrogen-bond acceptors (Lipinski definition) is 9. The second-order valence-corrected chi connectivity index (χ2v) is 13.2. The van der Waals surface area contributed by atoms with Gasteiger partial charge in [-0.05, 0) is 48.4 Å². The molecule has 14 heteroatoms. The first-order chi connectivity index (χ1) is 18.6. The zero-order chi connectivity index (χ0) is 27.5. The summed E-state index contributed by atoms with van der Waals surface area (Å²) in [5, 5.41) is 24.8. The van der Waals surface area contributed by atoms with E-state index in [2.05, 4.69) is 20.1 Å². The average Bonchev–Trinajstić information content (AvgIpc) is 3.46. The number of primary sulfonamides is 1. The van der Waals surface area contributed by atoms with Crippen molar-refractivity contribution in [1.29, 1.82) is 0 Å². The number of pyridine rings is 2. The molecule has 2 aliphatic rings. The Hall–Kier alpha value is -2.45. The minimum Gasteiger partial charge on any atom is -0.388 e. The SMILES string of the molecule is NC1c2cccnc2CC12CCN(c1cc(S(N)(=O)=O)c(Sc3cccc(Cl)c3Cl)c3nnc(CO)n13)CC2. The smallest absolute Gasteiger partial charge is 0.239 e. The van der Waals surface area contributed by atoms with E-state index in [9.17, 15) is 13.5 Å². The third-order valence-electron chi connectivity index (χ3n) is 7.75. The Bertz CT molecular complexity index is 1710. The third-order valence-corrected chi connectivity index (χ3v) is 10.9. The number of anilines is 1. The number of benzene rings is 1. The Morgan fingerprint density at radius 3 is 2.62 bits per heavy atom. The topological polar surface area (TPSA) is 153 Å². The van der Waals surface area contributed by atoms with Crippen LogP contribution in [0.3, 0.4) is 0 Å². The van der Waals surface area contributed by atoms with Gasteiger partial charge >= 0.3 is 0 Å². The first-order valence-corrected chi connectivity index (χ1v) is 15.4. The molecule has 1 unspecified atom stereocenters. The third kappa shape index (κ3) is 4.48. The second kappa shape index (κ2) is 9.88. The van der Waals surface area contributed by atoms with Crippen molar-refractivity contribution in [2.45, 2.75) is 46.6 Å². The molecule has 4 aromatic rings. The van der Waals surface area contributed by atoms with E-state index in [1.807, 2.05) is 12.1 Å². The maximum absolute atomic E-state index is 12.9. The lowest BCUT2D eigenvalue weighted by Crippen LogP contribution is -2.45. The van der Waals surface area contributed by atoms with Crippen LogP contribution in [-0.4, -0.2) is 46.2 Å². The summed E-state index contributed by atoms with van der Waals surface area (Å²) in [5.74, 6) is 0.802. The number of aromatic nitrogens is 4. The summed E-state index contributed by atoms with van der Waals surface area (Å²) in [6.07, 6.45) is 4.16. The lowest BCUT2D eigenvalue weighted by atomic mass is 9.73. The molecule has 1 fully saturated rings. The van der Waals surface area contributed by atoms with Gasteiger partial charge in [0.1, 0.15) is 17.3 Å². The van der Waals surface area contributed by atoms with E-state index in [-0.39, 0.29) is 37.7 Å². The van der Waals surface area contributed by atoms with Gasteiger partial charge in [0.15, 0.2) is 11.5 Å². The van der Waals surface area contributed by atoms with Gasteiger partial charge in [-0.2, -0.15) is 0 Å². The number of fused-ring (bicyclic) bond motifs is 2. The van der Waals surface area contributed by atoms with E-state index < -0.39 is 16.6 Å². The molecule has 1 aliphatic heterocycles. The minimum atomic E-state index is -4.19. The molecule has 0 bridgehead atoms. The molecule has 1 saturated heterocycles. The number of aliphatic hydroxyl groups is 1. The fraction of sp³-hybridized carbons (Fsp3) is 0.320. The molecule has 1 spiro atoms. The standard InChI is InChI=1S/C25H25Cl2N7O3S2/c26-15-4-1-5-17(21(15)27)38-22-18(39(29,36)37)11-20(34-19(13-35)31-32-24(22)34)33-9-6-25(7-10-33)12-16-14(23(25)28)3-2-8-30-16/h1-5,8,11,23,35H,6-7,9-10,12-13,28H2,(H2,29,36,37). The van der Waals surface area contributed by atoms with E-state index in [4.69, 9.17) is 34.1 Å². The van der Waals surface area contributed by atoms with Gasteiger partial charge in [0.25, 0.3) is 0 Å². The molecule has 3 aromatic heterocycles. The molecule has 0 radical (unpaired) electrons. The summed E-state index contributed by atoms with van der Waals surface area (Å²) in [5.41, 5.74) is 8.98. The zero-order valence-electron chi connectivity index (χ0n) is 20.6. The summed E-state index contributed by atoms with van der Waals surface area (Å²) in [7, 11) is -4.19. The monoisotopic (exact) mass is 605 g/mol. The van der Waals surface area contributed by atoms with E-state index in [0.29, 0.717) is 28.8 Å². The maximum atomic E-state index is 12.9. The second-order valence-electron chi connectivity index (χ2n) is 9.87. The van der Waals surface area contributed by atoms with Gasteiger partial charge in [0, 0.05) is 42.0 Å². The highest BCUT2D eigenvalue weighted by atomic mass is 35.5. The molecular formula is C25H25Cl2N7O3S2. The number of aliphatic hydroxyl groups excluding tert-OH is 1. The minimum absolute atomic E-state index is 0.114. The van der Waals surface area contributed by atoms with Crippen molar-refractivity contribution >= 4 is 56.5 Å². The van der Waals surface area contributed by atoms with E-state index in [1.165, 1.54) is 6.07 Å². The number of nitrogens with two attached hydrogens (primary N) is 2. The van der Waals surface area contributed by atoms with Gasteiger partial charge in [-0.15, -0.1) is 10.2 Å². The van der Waals surface area contributed by atoms with Crippen molar-refractivity contribution in [2.24, 2.45) is 16.3 Å². The average molecular weight is 607 g/mol. The number of rotatable bonds is 5. The van der Waals surface area contributed by atoms with Crippen LogP contribution in [0.4, 0.5) is 5.82 Å². The highest BCUT2D eigenvalue weighted by molar-refractivity contribution is 8.00. The van der Waals surface area contributed by atoms with Crippen LogP contribution >= 0.6 is 35.0 Å². The zero-order valence-corrected chi connectivity index (χ0v) is 23.7. The van der Waals surface area contributed by atoms with Gasteiger partial charge in [-0.1, -0.05) is 47.1 Å². The Kier molecular flexibility index (Phi) is 6.78. The molecule has 10 nitrogen and oxygen atoms in total. The van der Waals surface area contributed by atoms with Gasteiger partial charge in [0.05, 0.1) is 14.9 Å². The molecule has 204 valence electrons. The summed E-state index contributed by atoms with van der Waals surface area (Å²) >= 11 is 13.7. The van der Waals surface area contributed by atoms with Crippen molar-refractivity contribution in [2.75, 3.05) is 18.0 Å². The number of halogens is 2. The van der Waals surface area contributed by atoms with Crippen molar-refractivity contribution < 1.29 is 13.5 Å². The van der Waals surface area contributed by atoms with Crippen molar-refractivity contribution in [1.82, 2.24) is 19.6 Å². The molecule has 1 atom stereocenters. The van der Waals surface area contributed by atoms with Gasteiger partial charge < -0.3 is 15.7 Å². The fourth-order valence-electron chi connectivity index (χ4n) is 5.70. The van der Waals surface area contributed by atoms with E-state index in [1.54, 1.807) is 28.8 Å². The van der Waals surface area contributed by atoms with Gasteiger partial charge in [-0.3, -0.25) is 9.38 Å². The van der Waals surface area contributed by atoms with Crippen molar-refractivity contribution in [3.63, 3.8) is 0 Å². The Labute approximate surface area is 239 Å². The molecule has 1 aliphatic carbocycles. The first-order valence-electron chi connectivity index (χ1n) is 12.2. The number of sulfonamides is 1. The molecule has 4 heterocycles. The van der Waals surface area contributed by atoms with Crippen LogP contribution in [0.15, 0.2) is 57.3 Å². The van der Waals surface area contributed by atoms with Crippen LogP contribution in [0.25, 0.3) is 5.65 Å². The number of piperidine rings is 1. The summed E-state index contributed by atoms with van der Waals surface area (Å²) < 4.78 is 27.4.